The Bertz CT molecular complexity index is 599. The van der Waals surface area contributed by atoms with Crippen LogP contribution in [0.15, 0.2) is 48.5 Å². The Labute approximate surface area is 118 Å². The van der Waals surface area contributed by atoms with E-state index in [1.54, 1.807) is 18.2 Å². The lowest BCUT2D eigenvalue weighted by molar-refractivity contribution is 0.606. The highest BCUT2D eigenvalue weighted by Crippen LogP contribution is 2.11. The minimum atomic E-state index is -0.216. The van der Waals surface area contributed by atoms with Gasteiger partial charge in [0.1, 0.15) is 5.82 Å². The first-order chi connectivity index (χ1) is 9.67. The van der Waals surface area contributed by atoms with Crippen molar-refractivity contribution in [1.29, 1.82) is 5.26 Å². The summed E-state index contributed by atoms with van der Waals surface area (Å²) < 4.78 is 12.8. The largest absolute Gasteiger partial charge is 0.327 e. The molecule has 2 rings (SSSR count). The van der Waals surface area contributed by atoms with E-state index in [9.17, 15) is 4.39 Å². The van der Waals surface area contributed by atoms with Crippen molar-refractivity contribution in [3.8, 4) is 6.07 Å². The quantitative estimate of drug-likeness (QED) is 0.905. The molecule has 0 aromatic heterocycles. The van der Waals surface area contributed by atoms with Gasteiger partial charge in [0.15, 0.2) is 0 Å². The van der Waals surface area contributed by atoms with Crippen LogP contribution in [-0.2, 0) is 12.8 Å². The molecule has 0 bridgehead atoms. The van der Waals surface area contributed by atoms with E-state index in [2.05, 4.69) is 6.07 Å². The Morgan fingerprint density at radius 1 is 1.10 bits per heavy atom. The number of benzene rings is 2. The summed E-state index contributed by atoms with van der Waals surface area (Å²) in [4.78, 5) is 0. The molecule has 2 N–H and O–H groups in total. The van der Waals surface area contributed by atoms with Gasteiger partial charge < -0.3 is 5.73 Å². The fraction of sp³-hybridized carbons (Fsp3) is 0.235. The van der Waals surface area contributed by atoms with E-state index in [-0.39, 0.29) is 11.9 Å². The minimum Gasteiger partial charge on any atom is -0.327 e. The minimum absolute atomic E-state index is 0.0361. The Balaban J connectivity index is 1.87. The zero-order valence-electron chi connectivity index (χ0n) is 11.2. The van der Waals surface area contributed by atoms with Gasteiger partial charge in [-0.25, -0.2) is 4.39 Å². The fourth-order valence-corrected chi connectivity index (χ4v) is 2.18. The van der Waals surface area contributed by atoms with Crippen LogP contribution in [0.3, 0.4) is 0 Å². The molecule has 102 valence electrons. The molecule has 0 radical (unpaired) electrons. The summed E-state index contributed by atoms with van der Waals surface area (Å²) in [5, 5.41) is 8.86. The average Bonchev–Trinajstić information content (AvgIpc) is 2.47. The van der Waals surface area contributed by atoms with E-state index in [0.717, 1.165) is 30.4 Å². The van der Waals surface area contributed by atoms with Crippen LogP contribution in [0.25, 0.3) is 0 Å². The lowest BCUT2D eigenvalue weighted by Crippen LogP contribution is -2.23. The third-order valence-corrected chi connectivity index (χ3v) is 3.27. The standard InChI is InChI=1S/C17H17FN2/c18-16-7-4-13(5-8-16)6-9-17(20)11-14-2-1-3-15(10-14)12-19/h1-5,7-8,10,17H,6,9,11,20H2. The molecule has 0 heterocycles. The smallest absolute Gasteiger partial charge is 0.123 e. The summed E-state index contributed by atoms with van der Waals surface area (Å²) in [5.74, 6) is -0.216. The first-order valence-electron chi connectivity index (χ1n) is 6.66. The highest BCUT2D eigenvalue weighted by atomic mass is 19.1. The molecule has 3 heteroatoms. The number of nitrogens with two attached hydrogens (primary N) is 1. The Morgan fingerprint density at radius 3 is 2.55 bits per heavy atom. The summed E-state index contributed by atoms with van der Waals surface area (Å²) in [6, 6.07) is 16.2. The maximum Gasteiger partial charge on any atom is 0.123 e. The second-order valence-electron chi connectivity index (χ2n) is 4.94. The van der Waals surface area contributed by atoms with Crippen molar-refractivity contribution in [2.75, 3.05) is 0 Å². The van der Waals surface area contributed by atoms with E-state index in [4.69, 9.17) is 11.0 Å². The molecule has 20 heavy (non-hydrogen) atoms. The van der Waals surface area contributed by atoms with Crippen LogP contribution in [-0.4, -0.2) is 6.04 Å². The Hall–Kier alpha value is -2.18. The first kappa shape index (κ1) is 14.2. The van der Waals surface area contributed by atoms with Crippen molar-refractivity contribution in [3.63, 3.8) is 0 Å². The molecule has 1 atom stereocenters. The van der Waals surface area contributed by atoms with Gasteiger partial charge in [-0.05, 0) is 54.7 Å². The average molecular weight is 268 g/mol. The fourth-order valence-electron chi connectivity index (χ4n) is 2.18. The maximum absolute atomic E-state index is 12.8. The normalized spacial score (nSPS) is 11.8. The molecule has 0 amide bonds. The highest BCUT2D eigenvalue weighted by Gasteiger charge is 2.05. The summed E-state index contributed by atoms with van der Waals surface area (Å²) in [7, 11) is 0. The summed E-state index contributed by atoms with van der Waals surface area (Å²) >= 11 is 0. The van der Waals surface area contributed by atoms with Gasteiger partial charge in [-0.2, -0.15) is 5.26 Å². The number of halogens is 1. The maximum atomic E-state index is 12.8. The van der Waals surface area contributed by atoms with Crippen LogP contribution in [0.4, 0.5) is 4.39 Å². The number of nitriles is 1. The molecule has 0 aliphatic heterocycles. The van der Waals surface area contributed by atoms with E-state index in [0.29, 0.717) is 5.56 Å². The highest BCUT2D eigenvalue weighted by molar-refractivity contribution is 5.33. The molecular formula is C17H17FN2. The van der Waals surface area contributed by atoms with Crippen molar-refractivity contribution >= 4 is 0 Å². The van der Waals surface area contributed by atoms with Crippen LogP contribution in [0, 0.1) is 17.1 Å². The lowest BCUT2D eigenvalue weighted by atomic mass is 9.99. The molecule has 1 unspecified atom stereocenters. The van der Waals surface area contributed by atoms with Gasteiger partial charge in [-0.3, -0.25) is 0 Å². The third kappa shape index (κ3) is 4.18. The zero-order valence-corrected chi connectivity index (χ0v) is 11.2. The number of nitrogens with zero attached hydrogens (tertiary/aromatic N) is 1. The number of aryl methyl sites for hydroxylation is 1. The molecule has 0 spiro atoms. The van der Waals surface area contributed by atoms with Crippen molar-refractivity contribution in [2.24, 2.45) is 5.73 Å². The van der Waals surface area contributed by atoms with Crippen LogP contribution in [0.2, 0.25) is 0 Å². The van der Waals surface area contributed by atoms with Crippen molar-refractivity contribution in [1.82, 2.24) is 0 Å². The number of hydrogen-bond acceptors (Lipinski definition) is 2. The summed E-state index contributed by atoms with van der Waals surface area (Å²) in [5.41, 5.74) is 8.95. The number of rotatable bonds is 5. The topological polar surface area (TPSA) is 49.8 Å². The van der Waals surface area contributed by atoms with E-state index in [1.807, 2.05) is 18.2 Å². The molecule has 2 aromatic carbocycles. The summed E-state index contributed by atoms with van der Waals surface area (Å²) in [6.45, 7) is 0. The molecule has 2 nitrogen and oxygen atoms in total. The first-order valence-corrected chi connectivity index (χ1v) is 6.66. The van der Waals surface area contributed by atoms with Crippen LogP contribution in [0.5, 0.6) is 0 Å². The molecule has 2 aromatic rings. The van der Waals surface area contributed by atoms with Gasteiger partial charge >= 0.3 is 0 Å². The molecule has 0 saturated carbocycles. The van der Waals surface area contributed by atoms with Crippen LogP contribution < -0.4 is 5.73 Å². The predicted molar refractivity (Wildman–Crippen MR) is 77.6 cm³/mol. The molecule has 0 aliphatic rings. The molecule has 0 fully saturated rings. The van der Waals surface area contributed by atoms with Gasteiger partial charge in [0.05, 0.1) is 11.6 Å². The van der Waals surface area contributed by atoms with Gasteiger partial charge in [-0.15, -0.1) is 0 Å². The van der Waals surface area contributed by atoms with E-state index >= 15 is 0 Å². The molecular weight excluding hydrogens is 251 g/mol. The van der Waals surface area contributed by atoms with Crippen molar-refractivity contribution < 1.29 is 4.39 Å². The molecule has 0 saturated heterocycles. The van der Waals surface area contributed by atoms with Gasteiger partial charge in [0, 0.05) is 6.04 Å². The lowest BCUT2D eigenvalue weighted by Gasteiger charge is -2.12. The van der Waals surface area contributed by atoms with Crippen molar-refractivity contribution in [2.45, 2.75) is 25.3 Å². The Kier molecular flexibility index (Phi) is 4.86. The SMILES string of the molecule is N#Cc1cccc(CC(N)CCc2ccc(F)cc2)c1. The zero-order chi connectivity index (χ0) is 14.4. The van der Waals surface area contributed by atoms with E-state index in [1.165, 1.54) is 12.1 Å². The Morgan fingerprint density at radius 2 is 1.85 bits per heavy atom. The second-order valence-corrected chi connectivity index (χ2v) is 4.94. The third-order valence-electron chi connectivity index (χ3n) is 3.27. The van der Waals surface area contributed by atoms with Crippen LogP contribution >= 0.6 is 0 Å². The number of hydrogen-bond donors (Lipinski definition) is 1. The molecule has 0 aliphatic carbocycles. The van der Waals surface area contributed by atoms with Gasteiger partial charge in [-0.1, -0.05) is 24.3 Å². The second kappa shape index (κ2) is 6.83. The van der Waals surface area contributed by atoms with Crippen molar-refractivity contribution in [3.05, 3.63) is 71.0 Å². The summed E-state index contributed by atoms with van der Waals surface area (Å²) in [6.07, 6.45) is 2.42. The van der Waals surface area contributed by atoms with Gasteiger partial charge in [0.25, 0.3) is 0 Å². The van der Waals surface area contributed by atoms with Gasteiger partial charge in [0.2, 0.25) is 0 Å². The monoisotopic (exact) mass is 268 g/mol. The van der Waals surface area contributed by atoms with E-state index < -0.39 is 0 Å². The van der Waals surface area contributed by atoms with Crippen LogP contribution in [0.1, 0.15) is 23.1 Å². The predicted octanol–water partition coefficient (Wildman–Crippen LogP) is 3.20.